The van der Waals surface area contributed by atoms with E-state index in [1.807, 2.05) is 0 Å². The topological polar surface area (TPSA) is 96.3 Å². The summed E-state index contributed by atoms with van der Waals surface area (Å²) in [5, 5.41) is 14.0. The fourth-order valence-corrected chi connectivity index (χ4v) is 1.48. The molecule has 0 atom stereocenters. The molecule has 1 rings (SSSR count). The number of hydrogen-bond acceptors (Lipinski definition) is 6. The summed E-state index contributed by atoms with van der Waals surface area (Å²) in [6.07, 6.45) is -1.52. The largest absolute Gasteiger partial charge is 0.482 e. The average Bonchev–Trinajstić information content (AvgIpc) is 2.36. The minimum absolute atomic E-state index is 0. The van der Waals surface area contributed by atoms with Gasteiger partial charge in [0.25, 0.3) is 0 Å². The summed E-state index contributed by atoms with van der Waals surface area (Å²) in [6.45, 7) is 10.4. The van der Waals surface area contributed by atoms with Crippen LogP contribution in [0, 0.1) is 0 Å². The molecule has 133 valence electrons. The van der Waals surface area contributed by atoms with Crippen LogP contribution in [0.1, 0.15) is 41.5 Å². The molecule has 1 radical (unpaired) electrons. The summed E-state index contributed by atoms with van der Waals surface area (Å²) in [6, 6.07) is 8.56. The lowest BCUT2D eigenvalue weighted by Crippen LogP contribution is -2.43. The van der Waals surface area contributed by atoms with Crippen LogP contribution in [0.5, 0.6) is 0 Å². The van der Waals surface area contributed by atoms with E-state index in [9.17, 15) is 9.59 Å². The predicted molar refractivity (Wildman–Crippen MR) is 91.6 cm³/mol. The Balaban J connectivity index is 0.00000163. The number of carbonyl (C=O) groups excluding carboxylic acids is 2. The summed E-state index contributed by atoms with van der Waals surface area (Å²) < 4.78 is 10.6. The van der Waals surface area contributed by atoms with Crippen molar-refractivity contribution >= 4 is 25.6 Å². The van der Waals surface area contributed by atoms with Crippen molar-refractivity contribution in [3.05, 3.63) is 30.3 Å². The first-order valence-electron chi connectivity index (χ1n) is 7.32. The van der Waals surface area contributed by atoms with Crippen molar-refractivity contribution in [3.63, 3.8) is 0 Å². The highest BCUT2D eigenvalue weighted by molar-refractivity contribution is 6.13. The van der Waals surface area contributed by atoms with Gasteiger partial charge in [0.1, 0.15) is 11.2 Å². The molecule has 0 aliphatic carbocycles. The Morgan fingerprint density at radius 2 is 1.21 bits per heavy atom. The van der Waals surface area contributed by atoms with Gasteiger partial charge in [-0.15, -0.1) is 0 Å². The van der Waals surface area contributed by atoms with Crippen LogP contribution in [0.25, 0.3) is 0 Å². The van der Waals surface area contributed by atoms with Crippen molar-refractivity contribution in [1.29, 1.82) is 0 Å². The van der Waals surface area contributed by atoms with Gasteiger partial charge in [0.05, 0.1) is 5.69 Å². The summed E-state index contributed by atoms with van der Waals surface area (Å²) >= 11 is 0. The van der Waals surface area contributed by atoms with E-state index in [1.54, 1.807) is 71.9 Å². The lowest BCUT2D eigenvalue weighted by molar-refractivity contribution is 0.0430. The fraction of sp³-hybridized carbons (Fsp3) is 0.500. The second-order valence-electron chi connectivity index (χ2n) is 6.75. The smallest absolute Gasteiger partial charge is 0.443 e. The number of anilines is 1. The normalized spacial score (nSPS) is 10.8. The molecule has 24 heavy (non-hydrogen) atoms. The third-order valence-electron chi connectivity index (χ3n) is 2.17. The Morgan fingerprint density at radius 1 is 0.875 bits per heavy atom. The van der Waals surface area contributed by atoms with E-state index in [0.717, 1.165) is 4.90 Å². The van der Waals surface area contributed by atoms with E-state index in [1.165, 1.54) is 0 Å². The Morgan fingerprint density at radius 3 is 1.50 bits per heavy atom. The van der Waals surface area contributed by atoms with E-state index in [2.05, 4.69) is 0 Å². The number of benzene rings is 1. The first-order chi connectivity index (χ1) is 10.9. The molecule has 0 aliphatic heterocycles. The van der Waals surface area contributed by atoms with Crippen LogP contribution in [-0.4, -0.2) is 41.1 Å². The summed E-state index contributed by atoms with van der Waals surface area (Å²) in [5.41, 5.74) is -1.00. The van der Waals surface area contributed by atoms with Crippen molar-refractivity contribution in [1.82, 2.24) is 0 Å². The number of hydrogen-bond donors (Lipinski definition) is 2. The van der Waals surface area contributed by atoms with Gasteiger partial charge in [-0.2, -0.15) is 4.90 Å². The Hall–Kier alpha value is -2.06. The van der Waals surface area contributed by atoms with Gasteiger partial charge in [0, 0.05) is 0 Å². The maximum absolute atomic E-state index is 12.3. The summed E-state index contributed by atoms with van der Waals surface area (Å²) in [4.78, 5) is 25.5. The number of ether oxygens (including phenoxy) is 2. The maximum atomic E-state index is 12.3. The monoisotopic (exact) mass is 338 g/mol. The van der Waals surface area contributed by atoms with Crippen molar-refractivity contribution in [3.8, 4) is 0 Å². The van der Waals surface area contributed by atoms with Gasteiger partial charge in [-0.1, -0.05) is 18.2 Å². The molecule has 0 aliphatic rings. The Kier molecular flexibility index (Phi) is 8.50. The zero-order valence-corrected chi connectivity index (χ0v) is 14.9. The van der Waals surface area contributed by atoms with Gasteiger partial charge in [0.15, 0.2) is 0 Å². The van der Waals surface area contributed by atoms with E-state index in [0.29, 0.717) is 5.69 Å². The van der Waals surface area contributed by atoms with E-state index in [-0.39, 0.29) is 7.69 Å². The molecule has 0 saturated carbocycles. The van der Waals surface area contributed by atoms with Gasteiger partial charge in [-0.3, -0.25) is 0 Å². The molecule has 7 nitrogen and oxygen atoms in total. The van der Waals surface area contributed by atoms with Crippen LogP contribution in [0.2, 0.25) is 0 Å². The van der Waals surface area contributed by atoms with E-state index < -0.39 is 23.4 Å². The number of para-hydroxylation sites is 1. The van der Waals surface area contributed by atoms with Crippen LogP contribution >= 0.6 is 0 Å². The summed E-state index contributed by atoms with van der Waals surface area (Å²) in [7, 11) is 0. The average molecular weight is 338 g/mol. The van der Waals surface area contributed by atoms with Crippen LogP contribution in [0.3, 0.4) is 0 Å². The molecule has 0 unspecified atom stereocenters. The Labute approximate surface area is 143 Å². The highest BCUT2D eigenvalue weighted by Gasteiger charge is 2.32. The molecule has 8 heteroatoms. The quantitative estimate of drug-likeness (QED) is 0.765. The van der Waals surface area contributed by atoms with E-state index >= 15 is 0 Å². The molecule has 1 aromatic carbocycles. The van der Waals surface area contributed by atoms with Gasteiger partial charge < -0.3 is 19.5 Å². The van der Waals surface area contributed by atoms with E-state index in [4.69, 9.17) is 19.5 Å². The second kappa shape index (κ2) is 9.29. The lowest BCUT2D eigenvalue weighted by atomic mass is 10.2. The second-order valence-corrected chi connectivity index (χ2v) is 6.75. The minimum Gasteiger partial charge on any atom is -0.443 e. The predicted octanol–water partition coefficient (Wildman–Crippen LogP) is 2.87. The molecule has 2 N–H and O–H groups in total. The molecular weight excluding hydrogens is 313 g/mol. The first kappa shape index (κ1) is 21.9. The number of rotatable bonds is 1. The fourth-order valence-electron chi connectivity index (χ4n) is 1.48. The molecular formula is C16H25BNO6. The molecule has 0 fully saturated rings. The van der Waals surface area contributed by atoms with Crippen molar-refractivity contribution < 1.29 is 29.1 Å². The number of imide groups is 1. The number of nitrogens with zero attached hydrogens (tertiary/aromatic N) is 1. The van der Waals surface area contributed by atoms with Gasteiger partial charge in [0.2, 0.25) is 0 Å². The van der Waals surface area contributed by atoms with Crippen LogP contribution in [-0.2, 0) is 9.47 Å². The Bertz CT molecular complexity index is 494. The molecule has 0 spiro atoms. The van der Waals surface area contributed by atoms with Gasteiger partial charge in [-0.25, -0.2) is 9.59 Å². The highest BCUT2D eigenvalue weighted by atomic mass is 16.6. The third-order valence-corrected chi connectivity index (χ3v) is 2.17. The molecule has 1 aromatic rings. The van der Waals surface area contributed by atoms with Crippen molar-refractivity contribution in [2.24, 2.45) is 0 Å². The standard InChI is InChI=1S/C16H23NO4.BH2O2/c1-15(2,3)20-13(18)17(12-10-8-7-9-11-12)14(19)21-16(4,5)6;2-1-3/h7-11H,1-6H3;2-3H. The molecule has 0 aromatic heterocycles. The van der Waals surface area contributed by atoms with Crippen LogP contribution in [0.15, 0.2) is 30.3 Å². The highest BCUT2D eigenvalue weighted by Crippen LogP contribution is 2.21. The zero-order valence-electron chi connectivity index (χ0n) is 14.9. The lowest BCUT2D eigenvalue weighted by Gasteiger charge is -2.28. The molecule has 2 amide bonds. The summed E-state index contributed by atoms with van der Waals surface area (Å²) in [5.74, 6) is 0. The SMILES string of the molecule is CC(C)(C)OC(=O)N(C(=O)OC(C)(C)C)c1ccccc1.O[B]O. The minimum atomic E-state index is -0.761. The zero-order chi connectivity index (χ0) is 19.0. The number of amides is 2. The van der Waals surface area contributed by atoms with Gasteiger partial charge >= 0.3 is 19.9 Å². The van der Waals surface area contributed by atoms with Crippen LogP contribution in [0.4, 0.5) is 15.3 Å². The van der Waals surface area contributed by atoms with Gasteiger partial charge in [-0.05, 0) is 53.7 Å². The molecule has 0 heterocycles. The van der Waals surface area contributed by atoms with Crippen molar-refractivity contribution in [2.45, 2.75) is 52.7 Å². The first-order valence-corrected chi connectivity index (χ1v) is 7.32. The maximum Gasteiger partial charge on any atom is 0.482 e. The van der Waals surface area contributed by atoms with Crippen molar-refractivity contribution in [2.75, 3.05) is 4.90 Å². The number of carbonyl (C=O) groups is 2. The molecule has 0 saturated heterocycles. The van der Waals surface area contributed by atoms with Crippen LogP contribution < -0.4 is 4.90 Å². The third kappa shape index (κ3) is 9.17. The molecule has 0 bridgehead atoms.